The summed E-state index contributed by atoms with van der Waals surface area (Å²) in [4.78, 5) is 13.3. The Labute approximate surface area is 156 Å². The lowest BCUT2D eigenvalue weighted by Gasteiger charge is -2.12. The van der Waals surface area contributed by atoms with Crippen molar-refractivity contribution in [1.82, 2.24) is 15.0 Å². The van der Waals surface area contributed by atoms with Gasteiger partial charge in [-0.25, -0.2) is 15.0 Å². The average molecular weight is 359 g/mol. The Hall–Kier alpha value is -3.50. The van der Waals surface area contributed by atoms with Gasteiger partial charge < -0.3 is 15.2 Å². The van der Waals surface area contributed by atoms with Crippen molar-refractivity contribution < 1.29 is 9.47 Å². The number of methoxy groups -OCH3 is 1. The van der Waals surface area contributed by atoms with E-state index in [1.807, 2.05) is 31.2 Å². The maximum absolute atomic E-state index is 9.58. The van der Waals surface area contributed by atoms with Crippen LogP contribution in [0.25, 0.3) is 22.5 Å². The van der Waals surface area contributed by atoms with Gasteiger partial charge in [0.15, 0.2) is 5.82 Å². The molecule has 1 aromatic carbocycles. The van der Waals surface area contributed by atoms with Gasteiger partial charge in [0.25, 0.3) is 0 Å². The molecule has 0 aliphatic carbocycles. The highest BCUT2D eigenvalue weighted by Gasteiger charge is 2.28. The molecule has 0 unspecified atom stereocenters. The molecule has 1 atom stereocenters. The first-order valence-corrected chi connectivity index (χ1v) is 8.43. The molecule has 4 rings (SSSR count). The van der Waals surface area contributed by atoms with Crippen molar-refractivity contribution in [2.24, 2.45) is 0 Å². The third kappa shape index (κ3) is 2.86. The van der Waals surface area contributed by atoms with Crippen molar-refractivity contribution >= 4 is 5.82 Å². The van der Waals surface area contributed by atoms with Crippen molar-refractivity contribution in [3.05, 3.63) is 53.5 Å². The molecule has 2 N–H and O–H groups in total. The quantitative estimate of drug-likeness (QED) is 0.765. The zero-order chi connectivity index (χ0) is 19.0. The van der Waals surface area contributed by atoms with Crippen LogP contribution in [0.4, 0.5) is 5.82 Å². The van der Waals surface area contributed by atoms with E-state index in [4.69, 9.17) is 15.2 Å². The first-order chi connectivity index (χ1) is 13.1. The normalized spacial score (nSPS) is 15.2. The van der Waals surface area contributed by atoms with Gasteiger partial charge in [0.05, 0.1) is 25.5 Å². The standard InChI is InChI=1S/C20H17N5O2/c1-11-18-16(10-27-11)17(15(7-21)19(22)25-18)13-8-23-20(24-9-13)12-3-5-14(26-2)6-4-12/h3-6,8-9,11H,10H2,1-2H3,(H2,22,25)/t11-/m0/s1. The molecule has 1 aliphatic heterocycles. The first-order valence-electron chi connectivity index (χ1n) is 8.43. The molecule has 27 heavy (non-hydrogen) atoms. The Kier molecular flexibility index (Phi) is 4.18. The minimum Gasteiger partial charge on any atom is -0.497 e. The van der Waals surface area contributed by atoms with E-state index in [1.165, 1.54) is 0 Å². The fourth-order valence-corrected chi connectivity index (χ4v) is 3.21. The van der Waals surface area contributed by atoms with E-state index in [1.54, 1.807) is 19.5 Å². The zero-order valence-corrected chi connectivity index (χ0v) is 14.9. The molecule has 0 saturated carbocycles. The zero-order valence-electron chi connectivity index (χ0n) is 14.9. The van der Waals surface area contributed by atoms with Crippen LogP contribution in [-0.4, -0.2) is 22.1 Å². The Bertz CT molecular complexity index is 1040. The van der Waals surface area contributed by atoms with Crippen LogP contribution in [0.3, 0.4) is 0 Å². The second-order valence-electron chi connectivity index (χ2n) is 6.20. The van der Waals surface area contributed by atoms with Gasteiger partial charge >= 0.3 is 0 Å². The van der Waals surface area contributed by atoms with Crippen molar-refractivity contribution in [2.75, 3.05) is 12.8 Å². The second kappa shape index (κ2) is 6.67. The highest BCUT2D eigenvalue weighted by atomic mass is 16.5. The molecule has 7 heteroatoms. The molecule has 0 amide bonds. The van der Waals surface area contributed by atoms with E-state index < -0.39 is 0 Å². The average Bonchev–Trinajstić information content (AvgIpc) is 3.07. The van der Waals surface area contributed by atoms with E-state index >= 15 is 0 Å². The predicted molar refractivity (Wildman–Crippen MR) is 99.6 cm³/mol. The molecular formula is C20H17N5O2. The third-order valence-corrected chi connectivity index (χ3v) is 4.62. The minimum absolute atomic E-state index is 0.159. The SMILES string of the molecule is COc1ccc(-c2ncc(-c3c(C#N)c(N)nc4c3CO[C@H]4C)cn2)cc1. The molecule has 134 valence electrons. The number of nitrogens with two attached hydrogens (primary N) is 1. The minimum atomic E-state index is -0.159. The lowest BCUT2D eigenvalue weighted by molar-refractivity contribution is 0.0780. The Balaban J connectivity index is 1.79. The molecule has 3 aromatic rings. The van der Waals surface area contributed by atoms with Crippen molar-refractivity contribution in [3.63, 3.8) is 0 Å². The smallest absolute Gasteiger partial charge is 0.159 e. The molecular weight excluding hydrogens is 342 g/mol. The van der Waals surface area contributed by atoms with Crippen LogP contribution in [0, 0.1) is 11.3 Å². The maximum atomic E-state index is 9.58. The van der Waals surface area contributed by atoms with Gasteiger partial charge in [-0.3, -0.25) is 0 Å². The van der Waals surface area contributed by atoms with Gasteiger partial charge in [-0.2, -0.15) is 5.26 Å². The number of ether oxygens (including phenoxy) is 2. The fourth-order valence-electron chi connectivity index (χ4n) is 3.21. The maximum Gasteiger partial charge on any atom is 0.159 e. The number of hydrogen-bond donors (Lipinski definition) is 1. The van der Waals surface area contributed by atoms with Crippen molar-refractivity contribution in [1.29, 1.82) is 5.26 Å². The number of nitrogen functional groups attached to an aromatic ring is 1. The lowest BCUT2D eigenvalue weighted by atomic mass is 9.96. The van der Waals surface area contributed by atoms with Gasteiger partial charge in [-0.15, -0.1) is 0 Å². The largest absolute Gasteiger partial charge is 0.497 e. The van der Waals surface area contributed by atoms with Crippen LogP contribution < -0.4 is 10.5 Å². The number of benzene rings is 1. The lowest BCUT2D eigenvalue weighted by Crippen LogP contribution is -2.05. The van der Waals surface area contributed by atoms with E-state index in [9.17, 15) is 5.26 Å². The molecule has 2 aromatic heterocycles. The first kappa shape index (κ1) is 16.9. The van der Waals surface area contributed by atoms with E-state index in [-0.39, 0.29) is 11.9 Å². The Morgan fingerprint density at radius 1 is 1.19 bits per heavy atom. The summed E-state index contributed by atoms with van der Waals surface area (Å²) in [6, 6.07) is 9.66. The fraction of sp³-hybridized carbons (Fsp3) is 0.200. The number of fused-ring (bicyclic) bond motifs is 1. The number of nitriles is 1. The Morgan fingerprint density at radius 3 is 2.52 bits per heavy atom. The molecule has 0 radical (unpaired) electrons. The summed E-state index contributed by atoms with van der Waals surface area (Å²) in [7, 11) is 1.62. The van der Waals surface area contributed by atoms with Crippen LogP contribution >= 0.6 is 0 Å². The monoisotopic (exact) mass is 359 g/mol. The molecule has 0 spiro atoms. The second-order valence-corrected chi connectivity index (χ2v) is 6.20. The summed E-state index contributed by atoms with van der Waals surface area (Å²) in [5.41, 5.74) is 10.3. The van der Waals surface area contributed by atoms with E-state index in [0.717, 1.165) is 22.6 Å². The van der Waals surface area contributed by atoms with E-state index in [0.29, 0.717) is 29.1 Å². The summed E-state index contributed by atoms with van der Waals surface area (Å²) in [6.45, 7) is 2.30. The van der Waals surface area contributed by atoms with Gasteiger partial charge in [0, 0.05) is 34.6 Å². The number of rotatable bonds is 3. The number of anilines is 1. The highest BCUT2D eigenvalue weighted by Crippen LogP contribution is 2.39. The van der Waals surface area contributed by atoms with Crippen LogP contribution in [0.5, 0.6) is 5.75 Å². The van der Waals surface area contributed by atoms with Gasteiger partial charge in [0.1, 0.15) is 23.2 Å². The molecule has 7 nitrogen and oxygen atoms in total. The van der Waals surface area contributed by atoms with Crippen LogP contribution in [0.2, 0.25) is 0 Å². The van der Waals surface area contributed by atoms with Gasteiger partial charge in [0.2, 0.25) is 0 Å². The summed E-state index contributed by atoms with van der Waals surface area (Å²) in [5.74, 6) is 1.55. The number of nitrogens with zero attached hydrogens (tertiary/aromatic N) is 4. The number of hydrogen-bond acceptors (Lipinski definition) is 7. The number of pyridine rings is 1. The Morgan fingerprint density at radius 2 is 1.89 bits per heavy atom. The molecule has 0 bridgehead atoms. The van der Waals surface area contributed by atoms with Gasteiger partial charge in [-0.1, -0.05) is 0 Å². The van der Waals surface area contributed by atoms with Crippen LogP contribution in [0.1, 0.15) is 29.8 Å². The molecule has 0 fully saturated rings. The van der Waals surface area contributed by atoms with Crippen molar-refractivity contribution in [3.8, 4) is 34.3 Å². The summed E-state index contributed by atoms with van der Waals surface area (Å²) >= 11 is 0. The van der Waals surface area contributed by atoms with E-state index in [2.05, 4.69) is 21.0 Å². The highest BCUT2D eigenvalue weighted by molar-refractivity contribution is 5.79. The van der Waals surface area contributed by atoms with Crippen LogP contribution in [0.15, 0.2) is 36.7 Å². The topological polar surface area (TPSA) is 107 Å². The predicted octanol–water partition coefficient (Wildman–Crippen LogP) is 3.26. The summed E-state index contributed by atoms with van der Waals surface area (Å²) in [6.07, 6.45) is 3.24. The van der Waals surface area contributed by atoms with Crippen molar-refractivity contribution in [2.45, 2.75) is 19.6 Å². The molecule has 0 saturated heterocycles. The summed E-state index contributed by atoms with van der Waals surface area (Å²) < 4.78 is 10.8. The van der Waals surface area contributed by atoms with Gasteiger partial charge in [-0.05, 0) is 31.2 Å². The summed E-state index contributed by atoms with van der Waals surface area (Å²) in [5, 5.41) is 9.58. The molecule has 3 heterocycles. The third-order valence-electron chi connectivity index (χ3n) is 4.62. The number of aromatic nitrogens is 3. The molecule has 1 aliphatic rings. The van der Waals surface area contributed by atoms with Crippen LogP contribution in [-0.2, 0) is 11.3 Å².